The number of hydrogen-bond donors (Lipinski definition) is 1. The number of rotatable bonds is 6. The van der Waals surface area contributed by atoms with E-state index in [1.54, 1.807) is 37.0 Å². The fourth-order valence-corrected chi connectivity index (χ4v) is 3.36. The summed E-state index contributed by atoms with van der Waals surface area (Å²) in [7, 11) is 3.13. The molecule has 0 aliphatic rings. The number of ether oxygens (including phenoxy) is 3. The number of carbonyl (C=O) groups excluding carboxylic acids is 1. The predicted octanol–water partition coefficient (Wildman–Crippen LogP) is 3.99. The standard InChI is InChI=1S/C23H24N4O4/c1-13(2)12-31-23(28)19-20-22(26-18-8-6-5-7-17(18)25-20)27(21(19)24)14-9-15(29-3)11-16(10-14)30-4/h5-11,13H,12,24H2,1-4H3. The molecular formula is C23H24N4O4. The first-order chi connectivity index (χ1) is 14.9. The molecule has 8 nitrogen and oxygen atoms in total. The molecule has 8 heteroatoms. The van der Waals surface area contributed by atoms with E-state index in [0.717, 1.165) is 0 Å². The summed E-state index contributed by atoms with van der Waals surface area (Å²) in [6, 6.07) is 12.8. The van der Waals surface area contributed by atoms with Gasteiger partial charge >= 0.3 is 5.97 Å². The van der Waals surface area contributed by atoms with Crippen molar-refractivity contribution in [3.8, 4) is 17.2 Å². The number of nitrogens with zero attached hydrogens (tertiary/aromatic N) is 3. The largest absolute Gasteiger partial charge is 0.497 e. The maximum Gasteiger partial charge on any atom is 0.344 e. The van der Waals surface area contributed by atoms with Gasteiger partial charge in [0.2, 0.25) is 0 Å². The number of aromatic nitrogens is 3. The van der Waals surface area contributed by atoms with Gasteiger partial charge in [-0.1, -0.05) is 26.0 Å². The first-order valence-electron chi connectivity index (χ1n) is 9.90. The summed E-state index contributed by atoms with van der Waals surface area (Å²) >= 11 is 0. The second-order valence-corrected chi connectivity index (χ2v) is 7.54. The van der Waals surface area contributed by atoms with Crippen LogP contribution < -0.4 is 15.2 Å². The third-order valence-corrected chi connectivity index (χ3v) is 4.84. The van der Waals surface area contributed by atoms with Crippen molar-refractivity contribution >= 4 is 34.0 Å². The Morgan fingerprint density at radius 3 is 2.23 bits per heavy atom. The Hall–Kier alpha value is -3.81. The summed E-state index contributed by atoms with van der Waals surface area (Å²) in [5.74, 6) is 0.999. The van der Waals surface area contributed by atoms with Crippen LogP contribution in [0.4, 0.5) is 5.82 Å². The molecule has 4 rings (SSSR count). The van der Waals surface area contributed by atoms with Crippen LogP contribution in [0.3, 0.4) is 0 Å². The average molecular weight is 420 g/mol. The molecule has 0 atom stereocenters. The Balaban J connectivity index is 2.02. The lowest BCUT2D eigenvalue weighted by Crippen LogP contribution is -2.12. The molecule has 2 heterocycles. The van der Waals surface area contributed by atoms with E-state index in [2.05, 4.69) is 0 Å². The fraction of sp³-hybridized carbons (Fsp3) is 0.261. The Labute approximate surface area is 179 Å². The van der Waals surface area contributed by atoms with Crippen LogP contribution in [0.5, 0.6) is 11.5 Å². The molecular weight excluding hydrogens is 396 g/mol. The zero-order chi connectivity index (χ0) is 22.1. The van der Waals surface area contributed by atoms with E-state index in [0.29, 0.717) is 39.4 Å². The van der Waals surface area contributed by atoms with Gasteiger partial charge in [0.25, 0.3) is 0 Å². The van der Waals surface area contributed by atoms with Gasteiger partial charge in [0, 0.05) is 18.2 Å². The van der Waals surface area contributed by atoms with Crippen molar-refractivity contribution in [3.63, 3.8) is 0 Å². The molecule has 0 radical (unpaired) electrons. The van der Waals surface area contributed by atoms with Crippen LogP contribution >= 0.6 is 0 Å². The van der Waals surface area contributed by atoms with Gasteiger partial charge in [-0.25, -0.2) is 14.8 Å². The number of carbonyl (C=O) groups is 1. The van der Waals surface area contributed by atoms with Gasteiger partial charge in [-0.3, -0.25) is 4.57 Å². The summed E-state index contributed by atoms with van der Waals surface area (Å²) in [4.78, 5) is 22.4. The van der Waals surface area contributed by atoms with Crippen molar-refractivity contribution < 1.29 is 19.0 Å². The summed E-state index contributed by atoms with van der Waals surface area (Å²) < 4.78 is 17.9. The van der Waals surface area contributed by atoms with Crippen molar-refractivity contribution in [1.82, 2.24) is 14.5 Å². The van der Waals surface area contributed by atoms with Gasteiger partial charge in [0.05, 0.1) is 37.5 Å². The maximum atomic E-state index is 13.0. The minimum atomic E-state index is -0.533. The number of benzene rings is 2. The summed E-state index contributed by atoms with van der Waals surface area (Å²) in [5.41, 5.74) is 9.50. The van der Waals surface area contributed by atoms with E-state index < -0.39 is 5.97 Å². The highest BCUT2D eigenvalue weighted by molar-refractivity contribution is 6.09. The lowest BCUT2D eigenvalue weighted by molar-refractivity contribution is 0.0462. The number of para-hydroxylation sites is 2. The van der Waals surface area contributed by atoms with Crippen LogP contribution in [0.1, 0.15) is 24.2 Å². The first-order valence-corrected chi connectivity index (χ1v) is 9.90. The number of nitrogens with two attached hydrogens (primary N) is 1. The van der Waals surface area contributed by atoms with Gasteiger partial charge in [-0.15, -0.1) is 0 Å². The number of esters is 1. The summed E-state index contributed by atoms with van der Waals surface area (Å²) in [6.07, 6.45) is 0. The highest BCUT2D eigenvalue weighted by Crippen LogP contribution is 2.34. The van der Waals surface area contributed by atoms with E-state index in [1.165, 1.54) is 0 Å². The highest BCUT2D eigenvalue weighted by atomic mass is 16.5. The smallest absolute Gasteiger partial charge is 0.344 e. The van der Waals surface area contributed by atoms with E-state index >= 15 is 0 Å². The molecule has 0 unspecified atom stereocenters. The van der Waals surface area contributed by atoms with Gasteiger partial charge < -0.3 is 19.9 Å². The molecule has 31 heavy (non-hydrogen) atoms. The molecule has 2 aromatic heterocycles. The summed E-state index contributed by atoms with van der Waals surface area (Å²) in [6.45, 7) is 4.21. The second kappa shape index (κ2) is 8.14. The van der Waals surface area contributed by atoms with Crippen molar-refractivity contribution in [2.75, 3.05) is 26.6 Å². The normalized spacial score (nSPS) is 11.3. The van der Waals surface area contributed by atoms with E-state index in [1.807, 2.05) is 38.1 Å². The van der Waals surface area contributed by atoms with Crippen molar-refractivity contribution in [2.45, 2.75) is 13.8 Å². The van der Waals surface area contributed by atoms with Gasteiger partial charge in [-0.05, 0) is 18.1 Å². The number of nitrogen functional groups attached to an aromatic ring is 1. The molecule has 160 valence electrons. The third kappa shape index (κ3) is 3.72. The van der Waals surface area contributed by atoms with E-state index in [9.17, 15) is 4.79 Å². The van der Waals surface area contributed by atoms with Gasteiger partial charge in [-0.2, -0.15) is 0 Å². The molecule has 0 spiro atoms. The van der Waals surface area contributed by atoms with E-state index in [4.69, 9.17) is 29.9 Å². The molecule has 0 fully saturated rings. The van der Waals surface area contributed by atoms with Crippen LogP contribution in [0.15, 0.2) is 42.5 Å². The zero-order valence-electron chi connectivity index (χ0n) is 17.9. The second-order valence-electron chi connectivity index (χ2n) is 7.54. The molecule has 0 saturated heterocycles. The summed E-state index contributed by atoms with van der Waals surface area (Å²) in [5, 5.41) is 0. The van der Waals surface area contributed by atoms with Crippen LogP contribution in [0.2, 0.25) is 0 Å². The topological polar surface area (TPSA) is 101 Å². The van der Waals surface area contributed by atoms with Crippen LogP contribution in [-0.2, 0) is 4.74 Å². The SMILES string of the molecule is COc1cc(OC)cc(-n2c(N)c(C(=O)OCC(C)C)c3nc4ccccc4nc32)c1. The van der Waals surface area contributed by atoms with Gasteiger partial charge in [0.15, 0.2) is 5.65 Å². The molecule has 0 aliphatic heterocycles. The average Bonchev–Trinajstić information content (AvgIpc) is 3.06. The lowest BCUT2D eigenvalue weighted by Gasteiger charge is -2.12. The lowest BCUT2D eigenvalue weighted by atomic mass is 10.2. The Morgan fingerprint density at radius 1 is 1.03 bits per heavy atom. The quantitative estimate of drug-likeness (QED) is 0.471. The van der Waals surface area contributed by atoms with Crippen molar-refractivity contribution in [3.05, 3.63) is 48.0 Å². The maximum absolute atomic E-state index is 13.0. The monoisotopic (exact) mass is 420 g/mol. The molecule has 0 bridgehead atoms. The molecule has 2 N–H and O–H groups in total. The highest BCUT2D eigenvalue weighted by Gasteiger charge is 2.26. The predicted molar refractivity (Wildman–Crippen MR) is 119 cm³/mol. The van der Waals surface area contributed by atoms with Crippen LogP contribution in [-0.4, -0.2) is 41.3 Å². The number of fused-ring (bicyclic) bond motifs is 2. The fourth-order valence-electron chi connectivity index (χ4n) is 3.36. The minimum Gasteiger partial charge on any atom is -0.497 e. The number of hydrogen-bond acceptors (Lipinski definition) is 7. The number of methoxy groups -OCH3 is 2. The molecule has 0 saturated carbocycles. The van der Waals surface area contributed by atoms with E-state index in [-0.39, 0.29) is 23.9 Å². The Kier molecular flexibility index (Phi) is 5.37. The zero-order valence-corrected chi connectivity index (χ0v) is 17.9. The molecule has 2 aromatic carbocycles. The molecule has 4 aromatic rings. The first kappa shape index (κ1) is 20.5. The van der Waals surface area contributed by atoms with Crippen LogP contribution in [0.25, 0.3) is 27.9 Å². The Bertz CT molecular complexity index is 1260. The van der Waals surface area contributed by atoms with Crippen LogP contribution in [0, 0.1) is 5.92 Å². The molecule has 0 aliphatic carbocycles. The third-order valence-electron chi connectivity index (χ3n) is 4.84. The van der Waals surface area contributed by atoms with Gasteiger partial charge in [0.1, 0.15) is 28.4 Å². The van der Waals surface area contributed by atoms with Crippen molar-refractivity contribution in [1.29, 1.82) is 0 Å². The Morgan fingerprint density at radius 2 is 1.65 bits per heavy atom. The number of anilines is 1. The molecule has 0 amide bonds. The van der Waals surface area contributed by atoms with Crippen molar-refractivity contribution in [2.24, 2.45) is 5.92 Å². The minimum absolute atomic E-state index is 0.188.